The van der Waals surface area contributed by atoms with E-state index >= 15 is 0 Å². The van der Waals surface area contributed by atoms with E-state index in [-0.39, 0.29) is 24.4 Å². The number of hydrogen-bond donors (Lipinski definition) is 1. The van der Waals surface area contributed by atoms with Crippen molar-refractivity contribution in [2.75, 3.05) is 13.1 Å². The summed E-state index contributed by atoms with van der Waals surface area (Å²) in [6.07, 6.45) is 1.37. The van der Waals surface area contributed by atoms with E-state index in [0.29, 0.717) is 17.3 Å². The molecule has 4 nitrogen and oxygen atoms in total. The molecule has 118 valence electrons. The van der Waals surface area contributed by atoms with Gasteiger partial charge in [-0.1, -0.05) is 17.7 Å². The van der Waals surface area contributed by atoms with E-state index in [4.69, 9.17) is 22.1 Å². The molecule has 2 rings (SSSR count). The molecule has 1 aromatic rings. The fourth-order valence-corrected chi connectivity index (χ4v) is 2.57. The van der Waals surface area contributed by atoms with Gasteiger partial charge in [0.2, 0.25) is 0 Å². The van der Waals surface area contributed by atoms with Crippen LogP contribution in [0.25, 0.3) is 0 Å². The Labute approximate surface area is 137 Å². The molecule has 1 fully saturated rings. The second-order valence-corrected chi connectivity index (χ2v) is 5.79. The lowest BCUT2D eigenvalue weighted by molar-refractivity contribution is -0.139. The molecule has 21 heavy (non-hydrogen) atoms. The van der Waals surface area contributed by atoms with Crippen molar-refractivity contribution < 1.29 is 9.53 Å². The van der Waals surface area contributed by atoms with Crippen LogP contribution in [-0.4, -0.2) is 36.0 Å². The number of amides is 1. The summed E-state index contributed by atoms with van der Waals surface area (Å²) < 4.78 is 5.71. The third kappa shape index (κ3) is 4.77. The molecule has 0 bridgehead atoms. The number of rotatable bonds is 3. The first-order valence-electron chi connectivity index (χ1n) is 6.94. The molecular weight excluding hydrogens is 311 g/mol. The number of nitrogens with zero attached hydrogens (tertiary/aromatic N) is 1. The Morgan fingerprint density at radius 2 is 2.24 bits per heavy atom. The number of carbonyl (C=O) groups is 1. The van der Waals surface area contributed by atoms with Crippen LogP contribution in [0.2, 0.25) is 5.02 Å². The summed E-state index contributed by atoms with van der Waals surface area (Å²) >= 11 is 6.08. The maximum Gasteiger partial charge on any atom is 0.263 e. The van der Waals surface area contributed by atoms with Gasteiger partial charge < -0.3 is 15.4 Å². The molecule has 2 unspecified atom stereocenters. The zero-order valence-corrected chi connectivity index (χ0v) is 13.9. The molecule has 1 aliphatic rings. The molecule has 1 saturated heterocycles. The molecule has 0 spiro atoms. The van der Waals surface area contributed by atoms with Crippen molar-refractivity contribution in [1.82, 2.24) is 4.90 Å². The Hall–Kier alpha value is -0.970. The van der Waals surface area contributed by atoms with Gasteiger partial charge in [-0.2, -0.15) is 0 Å². The first-order valence-corrected chi connectivity index (χ1v) is 7.32. The summed E-state index contributed by atoms with van der Waals surface area (Å²) in [5, 5.41) is 0.519. The van der Waals surface area contributed by atoms with Crippen molar-refractivity contribution in [2.24, 2.45) is 5.73 Å². The van der Waals surface area contributed by atoms with E-state index in [9.17, 15) is 4.79 Å². The molecule has 1 aromatic carbocycles. The van der Waals surface area contributed by atoms with Crippen LogP contribution >= 0.6 is 24.0 Å². The molecule has 0 radical (unpaired) electrons. The number of nitrogens with two attached hydrogens (primary N) is 1. The Kier molecular flexibility index (Phi) is 6.78. The number of halogens is 2. The SMILES string of the molecule is Cc1ccc(Cl)c(OC(C)C(=O)N2CCCC(N)C2)c1.Cl. The first kappa shape index (κ1) is 18.1. The summed E-state index contributed by atoms with van der Waals surface area (Å²) in [6, 6.07) is 5.60. The molecule has 0 aliphatic carbocycles. The average molecular weight is 333 g/mol. The largest absolute Gasteiger partial charge is 0.479 e. The van der Waals surface area contributed by atoms with Crippen molar-refractivity contribution in [3.05, 3.63) is 28.8 Å². The molecular formula is C15H22Cl2N2O2. The van der Waals surface area contributed by atoms with Crippen LogP contribution in [0, 0.1) is 6.92 Å². The first-order chi connectivity index (χ1) is 9.47. The van der Waals surface area contributed by atoms with Gasteiger partial charge in [0.15, 0.2) is 6.10 Å². The molecule has 2 N–H and O–H groups in total. The van der Waals surface area contributed by atoms with Crippen molar-refractivity contribution in [1.29, 1.82) is 0 Å². The minimum Gasteiger partial charge on any atom is -0.479 e. The van der Waals surface area contributed by atoms with E-state index in [1.165, 1.54) is 0 Å². The fraction of sp³-hybridized carbons (Fsp3) is 0.533. The van der Waals surface area contributed by atoms with Crippen LogP contribution in [0.5, 0.6) is 5.75 Å². The van der Waals surface area contributed by atoms with Crippen molar-refractivity contribution in [3.63, 3.8) is 0 Å². The lowest BCUT2D eigenvalue weighted by atomic mass is 10.1. The Morgan fingerprint density at radius 3 is 2.90 bits per heavy atom. The van der Waals surface area contributed by atoms with Crippen LogP contribution < -0.4 is 10.5 Å². The van der Waals surface area contributed by atoms with Crippen LogP contribution in [0.3, 0.4) is 0 Å². The number of piperidine rings is 1. The monoisotopic (exact) mass is 332 g/mol. The second kappa shape index (κ2) is 7.87. The normalized spacial score (nSPS) is 19.6. The predicted molar refractivity (Wildman–Crippen MR) is 87.3 cm³/mol. The lowest BCUT2D eigenvalue weighted by Gasteiger charge is -2.32. The highest BCUT2D eigenvalue weighted by Crippen LogP contribution is 2.26. The minimum atomic E-state index is -0.556. The van der Waals surface area contributed by atoms with Gasteiger partial charge in [-0.05, 0) is 44.4 Å². The number of benzene rings is 1. The lowest BCUT2D eigenvalue weighted by Crippen LogP contribution is -2.49. The minimum absolute atomic E-state index is 0. The maximum absolute atomic E-state index is 12.3. The van der Waals surface area contributed by atoms with Crippen LogP contribution in [0.1, 0.15) is 25.3 Å². The summed E-state index contributed by atoms with van der Waals surface area (Å²) in [5.41, 5.74) is 6.95. The molecule has 2 atom stereocenters. The third-order valence-corrected chi connectivity index (χ3v) is 3.82. The van der Waals surface area contributed by atoms with Gasteiger partial charge in [-0.15, -0.1) is 12.4 Å². The Balaban J connectivity index is 0.00000220. The summed E-state index contributed by atoms with van der Waals surface area (Å²) in [5.74, 6) is 0.520. The number of hydrogen-bond acceptors (Lipinski definition) is 3. The Morgan fingerprint density at radius 1 is 1.52 bits per heavy atom. The standard InChI is InChI=1S/C15H21ClN2O2.ClH/c1-10-5-6-13(16)14(8-10)20-11(2)15(19)18-7-3-4-12(17)9-18;/h5-6,8,11-12H,3-4,7,9,17H2,1-2H3;1H. The van der Waals surface area contributed by atoms with Gasteiger partial charge in [-0.25, -0.2) is 0 Å². The van der Waals surface area contributed by atoms with E-state index in [1.807, 2.05) is 19.1 Å². The number of aryl methyl sites for hydroxylation is 1. The number of carbonyl (C=O) groups excluding carboxylic acids is 1. The zero-order chi connectivity index (χ0) is 14.7. The number of likely N-dealkylation sites (tertiary alicyclic amines) is 1. The molecule has 1 heterocycles. The van der Waals surface area contributed by atoms with Gasteiger partial charge in [-0.3, -0.25) is 4.79 Å². The highest BCUT2D eigenvalue weighted by atomic mass is 35.5. The Bertz CT molecular complexity index is 497. The van der Waals surface area contributed by atoms with Crippen LogP contribution in [-0.2, 0) is 4.79 Å². The van der Waals surface area contributed by atoms with Crippen LogP contribution in [0.15, 0.2) is 18.2 Å². The maximum atomic E-state index is 12.3. The molecule has 1 amide bonds. The van der Waals surface area contributed by atoms with Gasteiger partial charge in [0.1, 0.15) is 5.75 Å². The average Bonchev–Trinajstić information content (AvgIpc) is 2.42. The summed E-state index contributed by atoms with van der Waals surface area (Å²) in [7, 11) is 0. The van der Waals surface area contributed by atoms with Gasteiger partial charge >= 0.3 is 0 Å². The van der Waals surface area contributed by atoms with E-state index < -0.39 is 6.10 Å². The fourth-order valence-electron chi connectivity index (χ4n) is 2.41. The van der Waals surface area contributed by atoms with Gasteiger partial charge in [0.25, 0.3) is 5.91 Å². The highest BCUT2D eigenvalue weighted by molar-refractivity contribution is 6.32. The van der Waals surface area contributed by atoms with Gasteiger partial charge in [0, 0.05) is 19.1 Å². The van der Waals surface area contributed by atoms with E-state index in [2.05, 4.69) is 0 Å². The molecule has 0 aromatic heterocycles. The van der Waals surface area contributed by atoms with Crippen molar-refractivity contribution in [3.8, 4) is 5.75 Å². The quantitative estimate of drug-likeness (QED) is 0.925. The van der Waals surface area contributed by atoms with E-state index in [1.54, 1.807) is 17.9 Å². The molecule has 0 saturated carbocycles. The van der Waals surface area contributed by atoms with Crippen molar-refractivity contribution in [2.45, 2.75) is 38.8 Å². The second-order valence-electron chi connectivity index (χ2n) is 5.38. The third-order valence-electron chi connectivity index (χ3n) is 3.51. The highest BCUT2D eigenvalue weighted by Gasteiger charge is 2.26. The smallest absolute Gasteiger partial charge is 0.263 e. The molecule has 1 aliphatic heterocycles. The predicted octanol–water partition coefficient (Wildman–Crippen LogP) is 2.79. The van der Waals surface area contributed by atoms with Crippen LogP contribution in [0.4, 0.5) is 0 Å². The van der Waals surface area contributed by atoms with Gasteiger partial charge in [0.05, 0.1) is 5.02 Å². The van der Waals surface area contributed by atoms with Crippen molar-refractivity contribution >= 4 is 29.9 Å². The summed E-state index contributed by atoms with van der Waals surface area (Å²) in [6.45, 7) is 5.07. The zero-order valence-electron chi connectivity index (χ0n) is 12.3. The number of ether oxygens (including phenoxy) is 1. The van der Waals surface area contributed by atoms with E-state index in [0.717, 1.165) is 24.9 Å². The topological polar surface area (TPSA) is 55.6 Å². The molecule has 6 heteroatoms. The summed E-state index contributed by atoms with van der Waals surface area (Å²) in [4.78, 5) is 14.1.